The number of aryl methyl sites for hydroxylation is 2. The molecule has 0 spiro atoms. The van der Waals surface area contributed by atoms with Crippen LogP contribution in [0.3, 0.4) is 0 Å². The number of hydrogen-bond acceptors (Lipinski definition) is 1. The summed E-state index contributed by atoms with van der Waals surface area (Å²) in [6, 6.07) is 10.3. The Morgan fingerprint density at radius 1 is 1.29 bits per heavy atom. The number of hydrogen-bond donors (Lipinski definition) is 0. The summed E-state index contributed by atoms with van der Waals surface area (Å²) in [5, 5.41) is 4.18. The van der Waals surface area contributed by atoms with Crippen LogP contribution in [0.4, 0.5) is 0 Å². The van der Waals surface area contributed by atoms with Gasteiger partial charge >= 0.3 is 0 Å². The summed E-state index contributed by atoms with van der Waals surface area (Å²) in [7, 11) is 0. The fourth-order valence-electron chi connectivity index (χ4n) is 1.45. The molecule has 0 atom stereocenters. The summed E-state index contributed by atoms with van der Waals surface area (Å²) in [5.74, 6) is 0. The van der Waals surface area contributed by atoms with E-state index < -0.39 is 0 Å². The van der Waals surface area contributed by atoms with Gasteiger partial charge in [0, 0.05) is 5.69 Å². The van der Waals surface area contributed by atoms with Gasteiger partial charge in [0.25, 0.3) is 0 Å². The molecule has 0 amide bonds. The maximum Gasteiger partial charge on any atom is 0.113 e. The minimum Gasteiger partial charge on any atom is -0.237 e. The van der Waals surface area contributed by atoms with Crippen LogP contribution >= 0.6 is 0 Å². The molecule has 0 aliphatic heterocycles. The topological polar surface area (TPSA) is 17.8 Å². The molecule has 0 saturated carbocycles. The molecule has 0 fully saturated rings. The summed E-state index contributed by atoms with van der Waals surface area (Å²) in [6.45, 7) is 4.20. The molecule has 0 bridgehead atoms. The standard InChI is InChI=1S/C12H13N2/c1-3-11-8-9-13-14(11)12-6-4-10(2)5-7-12/h4-8H,3H2,1-2H3. The summed E-state index contributed by atoms with van der Waals surface area (Å²) in [6.07, 6.45) is 3.85. The molecule has 1 radical (unpaired) electrons. The molecule has 1 heterocycles. The predicted octanol–water partition coefficient (Wildman–Crippen LogP) is 2.54. The van der Waals surface area contributed by atoms with Crippen molar-refractivity contribution in [1.82, 2.24) is 9.78 Å². The summed E-state index contributed by atoms with van der Waals surface area (Å²) >= 11 is 0. The lowest BCUT2D eigenvalue weighted by Gasteiger charge is -2.05. The first-order chi connectivity index (χ1) is 6.81. The molecule has 1 aromatic heterocycles. The average Bonchev–Trinajstić information content (AvgIpc) is 2.67. The highest BCUT2D eigenvalue weighted by Gasteiger charge is 2.01. The first-order valence-electron chi connectivity index (χ1n) is 4.83. The third kappa shape index (κ3) is 1.55. The van der Waals surface area contributed by atoms with Gasteiger partial charge < -0.3 is 0 Å². The Hall–Kier alpha value is -1.57. The van der Waals surface area contributed by atoms with Crippen molar-refractivity contribution in [3.05, 3.63) is 47.8 Å². The second kappa shape index (κ2) is 3.66. The maximum absolute atomic E-state index is 4.18. The number of aromatic nitrogens is 2. The van der Waals surface area contributed by atoms with E-state index in [1.54, 1.807) is 0 Å². The van der Waals surface area contributed by atoms with Crippen LogP contribution in [0.25, 0.3) is 5.69 Å². The Bertz CT molecular complexity index is 412. The van der Waals surface area contributed by atoms with E-state index in [2.05, 4.69) is 49.4 Å². The fraction of sp³-hybridized carbons (Fsp3) is 0.250. The highest BCUT2D eigenvalue weighted by atomic mass is 15.3. The Morgan fingerprint density at radius 2 is 2.00 bits per heavy atom. The van der Waals surface area contributed by atoms with E-state index in [-0.39, 0.29) is 0 Å². The van der Waals surface area contributed by atoms with E-state index in [1.165, 1.54) is 11.3 Å². The minimum absolute atomic E-state index is 0.977. The van der Waals surface area contributed by atoms with Gasteiger partial charge in [0.15, 0.2) is 0 Å². The molecule has 14 heavy (non-hydrogen) atoms. The maximum atomic E-state index is 4.18. The van der Waals surface area contributed by atoms with Crippen LogP contribution in [0, 0.1) is 13.1 Å². The van der Waals surface area contributed by atoms with Crippen LogP contribution < -0.4 is 0 Å². The lowest BCUT2D eigenvalue weighted by molar-refractivity contribution is 0.812. The molecular formula is C12H13N2. The monoisotopic (exact) mass is 185 g/mol. The van der Waals surface area contributed by atoms with Crippen LogP contribution in [0.2, 0.25) is 0 Å². The number of benzene rings is 1. The van der Waals surface area contributed by atoms with Crippen molar-refractivity contribution >= 4 is 0 Å². The molecule has 0 saturated heterocycles. The summed E-state index contributed by atoms with van der Waals surface area (Å²) in [5.41, 5.74) is 3.56. The normalized spacial score (nSPS) is 10.4. The number of nitrogens with zero attached hydrogens (tertiary/aromatic N) is 2. The van der Waals surface area contributed by atoms with E-state index in [1.807, 2.05) is 10.7 Å². The fourth-order valence-corrected chi connectivity index (χ4v) is 1.45. The van der Waals surface area contributed by atoms with Crippen molar-refractivity contribution in [1.29, 1.82) is 0 Å². The lowest BCUT2D eigenvalue weighted by atomic mass is 10.2. The van der Waals surface area contributed by atoms with Gasteiger partial charge in [0.1, 0.15) is 6.20 Å². The van der Waals surface area contributed by atoms with Crippen molar-refractivity contribution < 1.29 is 0 Å². The second-order valence-electron chi connectivity index (χ2n) is 3.37. The van der Waals surface area contributed by atoms with Crippen LogP contribution in [-0.4, -0.2) is 9.78 Å². The van der Waals surface area contributed by atoms with Crippen LogP contribution in [0.5, 0.6) is 0 Å². The molecule has 71 valence electrons. The van der Waals surface area contributed by atoms with Gasteiger partial charge in [-0.25, -0.2) is 4.68 Å². The van der Waals surface area contributed by atoms with Crippen LogP contribution in [0.15, 0.2) is 30.3 Å². The van der Waals surface area contributed by atoms with Crippen molar-refractivity contribution in [2.45, 2.75) is 20.3 Å². The van der Waals surface area contributed by atoms with E-state index in [0.717, 1.165) is 12.1 Å². The molecule has 2 nitrogen and oxygen atoms in total. The number of rotatable bonds is 2. The predicted molar refractivity (Wildman–Crippen MR) is 56.5 cm³/mol. The Kier molecular flexibility index (Phi) is 2.35. The first-order valence-corrected chi connectivity index (χ1v) is 4.83. The molecule has 2 aromatic rings. The minimum atomic E-state index is 0.977. The zero-order chi connectivity index (χ0) is 9.97. The third-order valence-electron chi connectivity index (χ3n) is 2.30. The second-order valence-corrected chi connectivity index (χ2v) is 3.37. The average molecular weight is 185 g/mol. The van der Waals surface area contributed by atoms with E-state index in [4.69, 9.17) is 0 Å². The molecule has 2 rings (SSSR count). The van der Waals surface area contributed by atoms with Gasteiger partial charge in [-0.05, 0) is 31.5 Å². The van der Waals surface area contributed by atoms with Crippen LogP contribution in [0.1, 0.15) is 18.2 Å². The molecule has 1 aromatic carbocycles. The molecule has 0 unspecified atom stereocenters. The third-order valence-corrected chi connectivity index (χ3v) is 2.30. The largest absolute Gasteiger partial charge is 0.237 e. The van der Waals surface area contributed by atoms with Crippen molar-refractivity contribution in [3.63, 3.8) is 0 Å². The van der Waals surface area contributed by atoms with Gasteiger partial charge in [-0.15, -0.1) is 0 Å². The summed E-state index contributed by atoms with van der Waals surface area (Å²) in [4.78, 5) is 0. The molecule has 0 aliphatic carbocycles. The smallest absolute Gasteiger partial charge is 0.113 e. The van der Waals surface area contributed by atoms with Gasteiger partial charge in [0.2, 0.25) is 0 Å². The van der Waals surface area contributed by atoms with Gasteiger partial charge in [-0.2, -0.15) is 5.10 Å². The highest BCUT2D eigenvalue weighted by Crippen LogP contribution is 2.11. The SMILES string of the molecule is CCc1c[c]nn1-c1ccc(C)cc1. The Balaban J connectivity index is 2.44. The molecular weight excluding hydrogens is 172 g/mol. The van der Waals surface area contributed by atoms with E-state index >= 15 is 0 Å². The van der Waals surface area contributed by atoms with E-state index in [0.29, 0.717) is 0 Å². The van der Waals surface area contributed by atoms with Crippen LogP contribution in [-0.2, 0) is 6.42 Å². The molecule has 0 N–H and O–H groups in total. The van der Waals surface area contributed by atoms with Crippen molar-refractivity contribution in [2.24, 2.45) is 0 Å². The molecule has 2 heteroatoms. The zero-order valence-electron chi connectivity index (χ0n) is 8.49. The van der Waals surface area contributed by atoms with E-state index in [9.17, 15) is 0 Å². The highest BCUT2D eigenvalue weighted by molar-refractivity contribution is 5.34. The lowest BCUT2D eigenvalue weighted by Crippen LogP contribution is -2.00. The van der Waals surface area contributed by atoms with Crippen molar-refractivity contribution in [3.8, 4) is 5.69 Å². The van der Waals surface area contributed by atoms with Gasteiger partial charge in [-0.1, -0.05) is 24.6 Å². The quantitative estimate of drug-likeness (QED) is 0.703. The Morgan fingerprint density at radius 3 is 2.64 bits per heavy atom. The zero-order valence-corrected chi connectivity index (χ0v) is 8.49. The van der Waals surface area contributed by atoms with Crippen molar-refractivity contribution in [2.75, 3.05) is 0 Å². The summed E-state index contributed by atoms with van der Waals surface area (Å²) < 4.78 is 1.93. The van der Waals surface area contributed by atoms with Gasteiger partial charge in [0.05, 0.1) is 5.69 Å². The Labute approximate surface area is 84.2 Å². The van der Waals surface area contributed by atoms with Gasteiger partial charge in [-0.3, -0.25) is 0 Å². The first kappa shape index (κ1) is 9.00. The molecule has 0 aliphatic rings.